The third kappa shape index (κ3) is 1.56. The maximum absolute atomic E-state index is 11.2. The number of hydrogen-bond acceptors (Lipinski definition) is 4. The van der Waals surface area contributed by atoms with E-state index in [1.807, 2.05) is 0 Å². The topological polar surface area (TPSA) is 74.8 Å². The molecule has 0 aliphatic carbocycles. The zero-order valence-electron chi connectivity index (χ0n) is 6.94. The Hall–Kier alpha value is -1.72. The Morgan fingerprint density at radius 1 is 1.54 bits per heavy atom. The van der Waals surface area contributed by atoms with Gasteiger partial charge in [-0.15, -0.1) is 0 Å². The fourth-order valence-corrected chi connectivity index (χ4v) is 1.01. The first-order valence-corrected chi connectivity index (χ1v) is 3.55. The highest BCUT2D eigenvalue weighted by Gasteiger charge is 2.37. The molecular formula is C7H7N2O4. The van der Waals surface area contributed by atoms with E-state index in [9.17, 15) is 19.2 Å². The number of carbonyl (C=O) groups is 3. The largest absolute Gasteiger partial charge is 0.334 e. The van der Waals surface area contributed by atoms with Crippen molar-refractivity contribution in [1.82, 2.24) is 9.80 Å². The monoisotopic (exact) mass is 183 g/mol. The van der Waals surface area contributed by atoms with Gasteiger partial charge in [0.2, 0.25) is 12.2 Å². The quantitative estimate of drug-likeness (QED) is 0.509. The first kappa shape index (κ1) is 9.37. The minimum Gasteiger partial charge on any atom is -0.289 e. The lowest BCUT2D eigenvalue weighted by atomic mass is 10.5. The van der Waals surface area contributed by atoms with Gasteiger partial charge in [-0.3, -0.25) is 24.2 Å². The summed E-state index contributed by atoms with van der Waals surface area (Å²) in [5.74, 6) is -1.06. The molecule has 0 aromatic carbocycles. The lowest BCUT2D eigenvalue weighted by molar-refractivity contribution is -0.129. The molecule has 0 unspecified atom stereocenters. The highest BCUT2D eigenvalue weighted by molar-refractivity contribution is 6.10. The Balaban J connectivity index is 2.81. The van der Waals surface area contributed by atoms with Crippen molar-refractivity contribution in [1.29, 1.82) is 0 Å². The minimum atomic E-state index is -0.749. The molecule has 0 saturated carbocycles. The van der Waals surface area contributed by atoms with Crippen LogP contribution >= 0.6 is 0 Å². The van der Waals surface area contributed by atoms with E-state index in [1.165, 1.54) is 13.2 Å². The van der Waals surface area contributed by atoms with Gasteiger partial charge in [0.15, 0.2) is 0 Å². The summed E-state index contributed by atoms with van der Waals surface area (Å²) >= 11 is 0. The summed E-state index contributed by atoms with van der Waals surface area (Å²) in [5, 5.41) is 0. The van der Waals surface area contributed by atoms with E-state index < -0.39 is 24.4 Å². The van der Waals surface area contributed by atoms with Crippen molar-refractivity contribution in [2.75, 3.05) is 13.1 Å². The molecule has 1 fully saturated rings. The van der Waals surface area contributed by atoms with Crippen molar-refractivity contribution >= 4 is 24.1 Å². The molecule has 6 nitrogen and oxygen atoms in total. The molecule has 1 heterocycles. The van der Waals surface area contributed by atoms with Gasteiger partial charge in [0, 0.05) is 6.92 Å². The van der Waals surface area contributed by atoms with Crippen LogP contribution in [-0.4, -0.2) is 47.0 Å². The normalized spacial score (nSPS) is 16.7. The summed E-state index contributed by atoms with van der Waals surface area (Å²) in [7, 11) is 0. The minimum absolute atomic E-state index is 0.282. The van der Waals surface area contributed by atoms with Crippen molar-refractivity contribution in [2.45, 2.75) is 6.92 Å². The number of amides is 4. The van der Waals surface area contributed by atoms with Gasteiger partial charge in [0.25, 0.3) is 5.91 Å². The van der Waals surface area contributed by atoms with E-state index in [0.717, 1.165) is 4.90 Å². The highest BCUT2D eigenvalue weighted by atomic mass is 16.2. The zero-order chi connectivity index (χ0) is 10.0. The van der Waals surface area contributed by atoms with Crippen molar-refractivity contribution < 1.29 is 19.2 Å². The van der Waals surface area contributed by atoms with Crippen molar-refractivity contribution in [3.8, 4) is 0 Å². The number of carbonyl (C=O) groups excluding carboxylic acids is 4. The van der Waals surface area contributed by atoms with Crippen molar-refractivity contribution in [3.05, 3.63) is 0 Å². The van der Waals surface area contributed by atoms with E-state index in [0.29, 0.717) is 4.90 Å². The van der Waals surface area contributed by atoms with Crippen LogP contribution in [0.25, 0.3) is 0 Å². The Labute approximate surface area is 74.1 Å². The van der Waals surface area contributed by atoms with Crippen LogP contribution in [0.15, 0.2) is 0 Å². The summed E-state index contributed by atoms with van der Waals surface area (Å²) in [4.78, 5) is 44.4. The molecule has 0 aromatic heterocycles. The van der Waals surface area contributed by atoms with Crippen molar-refractivity contribution in [3.63, 3.8) is 0 Å². The average molecular weight is 183 g/mol. The van der Waals surface area contributed by atoms with Gasteiger partial charge >= 0.3 is 6.03 Å². The van der Waals surface area contributed by atoms with E-state index >= 15 is 0 Å². The van der Waals surface area contributed by atoms with Crippen LogP contribution in [0.5, 0.6) is 0 Å². The summed E-state index contributed by atoms with van der Waals surface area (Å²) in [5.41, 5.74) is 0. The molecule has 4 amide bonds. The molecule has 69 valence electrons. The molecule has 0 atom stereocenters. The second-order valence-electron chi connectivity index (χ2n) is 2.51. The van der Waals surface area contributed by atoms with E-state index in [1.54, 1.807) is 0 Å². The lowest BCUT2D eigenvalue weighted by Crippen LogP contribution is -2.36. The summed E-state index contributed by atoms with van der Waals surface area (Å²) in [6.45, 7) is 0.483. The molecule has 0 bridgehead atoms. The van der Waals surface area contributed by atoms with E-state index in [-0.39, 0.29) is 6.54 Å². The Morgan fingerprint density at radius 2 is 2.15 bits per heavy atom. The van der Waals surface area contributed by atoms with Crippen LogP contribution in [0.1, 0.15) is 6.92 Å². The summed E-state index contributed by atoms with van der Waals surface area (Å²) in [6.07, 6.45) is 1.43. The smallest absolute Gasteiger partial charge is 0.289 e. The maximum atomic E-state index is 11.2. The van der Waals surface area contributed by atoms with Crippen LogP contribution < -0.4 is 0 Å². The molecule has 0 spiro atoms. The average Bonchev–Trinajstić information content (AvgIpc) is 2.32. The molecule has 1 aliphatic heterocycles. The fourth-order valence-electron chi connectivity index (χ4n) is 1.01. The molecular weight excluding hydrogens is 176 g/mol. The second-order valence-corrected chi connectivity index (χ2v) is 2.51. The van der Waals surface area contributed by atoms with Crippen LogP contribution in [0.2, 0.25) is 0 Å². The Bertz CT molecular complexity index is 286. The Morgan fingerprint density at radius 3 is 2.54 bits per heavy atom. The standard InChI is InChI=1S/C7H7N2O4/c1-5(11)9-4-6(12)8(2-3-10)7(9)13/h2,4H2,1H3. The van der Waals surface area contributed by atoms with Gasteiger partial charge < -0.3 is 0 Å². The molecule has 0 aromatic rings. The number of nitrogens with zero attached hydrogens (tertiary/aromatic N) is 2. The van der Waals surface area contributed by atoms with E-state index in [2.05, 4.69) is 0 Å². The number of urea groups is 1. The van der Waals surface area contributed by atoms with E-state index in [4.69, 9.17) is 0 Å². The Kier molecular flexibility index (Phi) is 2.41. The fraction of sp³-hybridized carbons (Fsp3) is 0.429. The van der Waals surface area contributed by atoms with Gasteiger partial charge in [0.05, 0.1) is 6.54 Å². The summed E-state index contributed by atoms with van der Waals surface area (Å²) in [6, 6.07) is -0.749. The predicted molar refractivity (Wildman–Crippen MR) is 40.2 cm³/mol. The van der Waals surface area contributed by atoms with Gasteiger partial charge in [0.1, 0.15) is 6.54 Å². The highest BCUT2D eigenvalue weighted by Crippen LogP contribution is 2.08. The third-order valence-electron chi connectivity index (χ3n) is 1.66. The summed E-state index contributed by atoms with van der Waals surface area (Å²) < 4.78 is 0. The first-order chi connectivity index (χ1) is 6.07. The van der Waals surface area contributed by atoms with Crippen LogP contribution in [-0.2, 0) is 14.4 Å². The van der Waals surface area contributed by atoms with Gasteiger partial charge in [-0.25, -0.2) is 4.79 Å². The van der Waals surface area contributed by atoms with Crippen LogP contribution in [0.3, 0.4) is 0 Å². The SMILES string of the molecule is CC(=O)N1CC(=O)N(C[C]=O)C1=O. The first-order valence-electron chi connectivity index (χ1n) is 3.55. The van der Waals surface area contributed by atoms with Crippen LogP contribution in [0.4, 0.5) is 4.79 Å². The predicted octanol–water partition coefficient (Wildman–Crippen LogP) is -1.09. The molecule has 6 heteroatoms. The van der Waals surface area contributed by atoms with Crippen molar-refractivity contribution in [2.24, 2.45) is 0 Å². The molecule has 1 radical (unpaired) electrons. The molecule has 13 heavy (non-hydrogen) atoms. The molecule has 0 N–H and O–H groups in total. The number of imide groups is 2. The van der Waals surface area contributed by atoms with Gasteiger partial charge in [-0.2, -0.15) is 0 Å². The molecule has 1 rings (SSSR count). The van der Waals surface area contributed by atoms with Gasteiger partial charge in [-0.1, -0.05) is 0 Å². The maximum Gasteiger partial charge on any atom is 0.334 e. The second kappa shape index (κ2) is 3.34. The number of hydrogen-bond donors (Lipinski definition) is 0. The number of rotatable bonds is 2. The third-order valence-corrected chi connectivity index (χ3v) is 1.66. The lowest BCUT2D eigenvalue weighted by Gasteiger charge is -2.10. The van der Waals surface area contributed by atoms with Crippen LogP contribution in [0, 0.1) is 0 Å². The zero-order valence-corrected chi connectivity index (χ0v) is 6.94. The van der Waals surface area contributed by atoms with Gasteiger partial charge in [-0.05, 0) is 0 Å². The molecule has 1 saturated heterocycles. The molecule has 1 aliphatic rings.